The summed E-state index contributed by atoms with van der Waals surface area (Å²) in [6, 6.07) is 3.65. The van der Waals surface area contributed by atoms with Crippen molar-refractivity contribution in [3.8, 4) is 11.9 Å². The van der Waals surface area contributed by atoms with Crippen molar-refractivity contribution in [2.24, 2.45) is 5.92 Å². The highest BCUT2D eigenvalue weighted by Gasteiger charge is 2.06. The van der Waals surface area contributed by atoms with Crippen LogP contribution in [-0.2, 0) is 6.54 Å². The molecule has 0 aliphatic rings. The SMILES string of the molecule is Cc1cc(O)n(CC(C)C#N)n1. The van der Waals surface area contributed by atoms with E-state index in [0.717, 1.165) is 5.69 Å². The van der Waals surface area contributed by atoms with Gasteiger partial charge < -0.3 is 5.11 Å². The first-order valence-electron chi connectivity index (χ1n) is 3.76. The van der Waals surface area contributed by atoms with Gasteiger partial charge in [0.1, 0.15) is 0 Å². The Labute approximate surface area is 71.1 Å². The lowest BCUT2D eigenvalue weighted by molar-refractivity contribution is 0.383. The molecular formula is C8H11N3O. The monoisotopic (exact) mass is 165 g/mol. The quantitative estimate of drug-likeness (QED) is 0.712. The smallest absolute Gasteiger partial charge is 0.209 e. The molecule has 0 bridgehead atoms. The molecule has 1 aromatic heterocycles. The maximum Gasteiger partial charge on any atom is 0.209 e. The van der Waals surface area contributed by atoms with Crippen LogP contribution in [0.2, 0.25) is 0 Å². The Morgan fingerprint density at radius 3 is 2.92 bits per heavy atom. The fourth-order valence-electron chi connectivity index (χ4n) is 0.966. The van der Waals surface area contributed by atoms with Gasteiger partial charge in [0.05, 0.1) is 24.2 Å². The third-order valence-electron chi connectivity index (χ3n) is 1.55. The molecule has 0 aliphatic heterocycles. The Morgan fingerprint density at radius 2 is 2.50 bits per heavy atom. The van der Waals surface area contributed by atoms with Gasteiger partial charge in [0.25, 0.3) is 0 Å². The second kappa shape index (κ2) is 3.26. The number of rotatable bonds is 2. The second-order valence-electron chi connectivity index (χ2n) is 2.86. The van der Waals surface area contributed by atoms with Gasteiger partial charge in [0.2, 0.25) is 5.88 Å². The van der Waals surface area contributed by atoms with Crippen LogP contribution in [0.5, 0.6) is 5.88 Å². The fourth-order valence-corrected chi connectivity index (χ4v) is 0.966. The van der Waals surface area contributed by atoms with E-state index in [-0.39, 0.29) is 11.8 Å². The number of nitriles is 1. The summed E-state index contributed by atoms with van der Waals surface area (Å²) in [4.78, 5) is 0. The van der Waals surface area contributed by atoms with E-state index in [9.17, 15) is 5.11 Å². The van der Waals surface area contributed by atoms with Gasteiger partial charge in [0, 0.05) is 6.07 Å². The molecule has 1 heterocycles. The highest BCUT2D eigenvalue weighted by atomic mass is 16.3. The normalized spacial score (nSPS) is 12.4. The Balaban J connectivity index is 2.76. The van der Waals surface area contributed by atoms with Crippen molar-refractivity contribution in [1.29, 1.82) is 5.26 Å². The third-order valence-corrected chi connectivity index (χ3v) is 1.55. The summed E-state index contributed by atoms with van der Waals surface area (Å²) < 4.78 is 1.43. The van der Waals surface area contributed by atoms with Gasteiger partial charge in [0.15, 0.2) is 0 Å². The van der Waals surface area contributed by atoms with E-state index in [0.29, 0.717) is 6.54 Å². The minimum Gasteiger partial charge on any atom is -0.493 e. The summed E-state index contributed by atoms with van der Waals surface area (Å²) in [7, 11) is 0. The molecule has 1 rings (SSSR count). The van der Waals surface area contributed by atoms with Crippen molar-refractivity contribution in [3.63, 3.8) is 0 Å². The standard InChI is InChI=1S/C8H11N3O/c1-6(4-9)5-11-8(12)3-7(2)10-11/h3,6,12H,5H2,1-2H3. The topological polar surface area (TPSA) is 61.8 Å². The Morgan fingerprint density at radius 1 is 1.83 bits per heavy atom. The number of nitrogens with zero attached hydrogens (tertiary/aromatic N) is 3. The summed E-state index contributed by atoms with van der Waals surface area (Å²) in [6.45, 7) is 4.03. The van der Waals surface area contributed by atoms with Crippen molar-refractivity contribution in [2.45, 2.75) is 20.4 Å². The van der Waals surface area contributed by atoms with Crippen LogP contribution >= 0.6 is 0 Å². The molecule has 0 aliphatic carbocycles. The van der Waals surface area contributed by atoms with Gasteiger partial charge in [-0.05, 0) is 13.8 Å². The minimum absolute atomic E-state index is 0.120. The zero-order valence-electron chi connectivity index (χ0n) is 7.15. The van der Waals surface area contributed by atoms with E-state index in [1.165, 1.54) is 4.68 Å². The maximum atomic E-state index is 9.27. The molecule has 1 N–H and O–H groups in total. The highest BCUT2D eigenvalue weighted by Crippen LogP contribution is 2.12. The van der Waals surface area contributed by atoms with Crippen LogP contribution in [0.4, 0.5) is 0 Å². The molecule has 1 aromatic rings. The van der Waals surface area contributed by atoms with Gasteiger partial charge in [-0.1, -0.05) is 0 Å². The number of aromatic hydroxyl groups is 1. The van der Waals surface area contributed by atoms with Crippen LogP contribution in [-0.4, -0.2) is 14.9 Å². The molecule has 0 saturated heterocycles. The van der Waals surface area contributed by atoms with E-state index in [4.69, 9.17) is 5.26 Å². The predicted octanol–water partition coefficient (Wildman–Crippen LogP) is 1.06. The molecule has 1 unspecified atom stereocenters. The van der Waals surface area contributed by atoms with Crippen LogP contribution in [0.15, 0.2) is 6.07 Å². The Bertz CT molecular complexity index is 311. The third kappa shape index (κ3) is 1.76. The summed E-state index contributed by atoms with van der Waals surface area (Å²) in [5.41, 5.74) is 0.762. The summed E-state index contributed by atoms with van der Waals surface area (Å²) in [5, 5.41) is 21.8. The van der Waals surface area contributed by atoms with Gasteiger partial charge >= 0.3 is 0 Å². The Hall–Kier alpha value is -1.50. The number of aromatic nitrogens is 2. The molecule has 0 fully saturated rings. The van der Waals surface area contributed by atoms with Crippen LogP contribution in [0, 0.1) is 24.2 Å². The lowest BCUT2D eigenvalue weighted by atomic mass is 10.2. The maximum absolute atomic E-state index is 9.27. The van der Waals surface area contributed by atoms with Crippen molar-refractivity contribution >= 4 is 0 Å². The van der Waals surface area contributed by atoms with Crippen molar-refractivity contribution < 1.29 is 5.11 Å². The number of hydrogen-bond acceptors (Lipinski definition) is 3. The summed E-state index contributed by atoms with van der Waals surface area (Å²) in [6.07, 6.45) is 0. The second-order valence-corrected chi connectivity index (χ2v) is 2.86. The van der Waals surface area contributed by atoms with Crippen LogP contribution in [0.25, 0.3) is 0 Å². The zero-order chi connectivity index (χ0) is 9.14. The number of hydrogen-bond donors (Lipinski definition) is 1. The molecule has 64 valence electrons. The van der Waals surface area contributed by atoms with E-state index >= 15 is 0 Å². The fraction of sp³-hybridized carbons (Fsp3) is 0.500. The summed E-state index contributed by atoms with van der Waals surface area (Å²) in [5.74, 6) is -0.00944. The predicted molar refractivity (Wildman–Crippen MR) is 43.4 cm³/mol. The lowest BCUT2D eigenvalue weighted by Gasteiger charge is -2.02. The first-order valence-corrected chi connectivity index (χ1v) is 3.76. The van der Waals surface area contributed by atoms with E-state index < -0.39 is 0 Å². The van der Waals surface area contributed by atoms with Crippen LogP contribution in [0.1, 0.15) is 12.6 Å². The zero-order valence-corrected chi connectivity index (χ0v) is 7.15. The van der Waals surface area contributed by atoms with Gasteiger partial charge in [-0.25, -0.2) is 4.68 Å². The molecule has 0 radical (unpaired) electrons. The number of aryl methyl sites for hydroxylation is 1. The van der Waals surface area contributed by atoms with E-state index in [1.807, 2.05) is 0 Å². The average Bonchev–Trinajstić information content (AvgIpc) is 2.30. The molecule has 1 atom stereocenters. The van der Waals surface area contributed by atoms with Crippen LogP contribution in [0.3, 0.4) is 0 Å². The van der Waals surface area contributed by atoms with Crippen LogP contribution < -0.4 is 0 Å². The van der Waals surface area contributed by atoms with E-state index in [2.05, 4.69) is 11.2 Å². The van der Waals surface area contributed by atoms with Crippen molar-refractivity contribution in [2.75, 3.05) is 0 Å². The van der Waals surface area contributed by atoms with E-state index in [1.54, 1.807) is 19.9 Å². The van der Waals surface area contributed by atoms with Gasteiger partial charge in [-0.15, -0.1) is 0 Å². The first-order chi connectivity index (χ1) is 5.63. The highest BCUT2D eigenvalue weighted by molar-refractivity contribution is 5.13. The molecule has 0 aromatic carbocycles. The van der Waals surface area contributed by atoms with Crippen molar-refractivity contribution in [1.82, 2.24) is 9.78 Å². The largest absolute Gasteiger partial charge is 0.493 e. The van der Waals surface area contributed by atoms with Gasteiger partial charge in [-0.3, -0.25) is 0 Å². The van der Waals surface area contributed by atoms with Gasteiger partial charge in [-0.2, -0.15) is 10.4 Å². The molecule has 0 spiro atoms. The molecule has 0 amide bonds. The summed E-state index contributed by atoms with van der Waals surface area (Å²) >= 11 is 0. The molecule has 4 nitrogen and oxygen atoms in total. The molecule has 4 heteroatoms. The molecular weight excluding hydrogens is 154 g/mol. The first kappa shape index (κ1) is 8.60. The minimum atomic E-state index is -0.129. The lowest BCUT2D eigenvalue weighted by Crippen LogP contribution is -2.06. The Kier molecular flexibility index (Phi) is 2.34. The molecule has 0 saturated carbocycles. The van der Waals surface area contributed by atoms with Crippen molar-refractivity contribution in [3.05, 3.63) is 11.8 Å². The molecule has 12 heavy (non-hydrogen) atoms. The average molecular weight is 165 g/mol.